The standard InChI is InChI=1S/C17H17N3O3/c1-22-11-7-10-8-14(19-16(10)15(9-11)23-2)17(21)20-13-6-4-3-5-12(13)18/h3-9,19H,18H2,1-2H3,(H,20,21). The number of H-pyrrole nitrogens is 1. The molecule has 3 rings (SSSR count). The van der Waals surface area contributed by atoms with Crippen molar-refractivity contribution in [2.75, 3.05) is 25.3 Å². The fourth-order valence-corrected chi connectivity index (χ4v) is 2.39. The largest absolute Gasteiger partial charge is 0.497 e. The Bertz CT molecular complexity index is 871. The summed E-state index contributed by atoms with van der Waals surface area (Å²) in [6.07, 6.45) is 0. The first kappa shape index (κ1) is 14.8. The quantitative estimate of drug-likeness (QED) is 0.646. The highest BCUT2D eigenvalue weighted by Crippen LogP contribution is 2.31. The SMILES string of the molecule is COc1cc(OC)c2[nH]c(C(=O)Nc3ccccc3N)cc2c1. The van der Waals surface area contributed by atoms with Crippen molar-refractivity contribution in [2.45, 2.75) is 0 Å². The number of aromatic amines is 1. The zero-order chi connectivity index (χ0) is 16.4. The molecule has 0 spiro atoms. The van der Waals surface area contributed by atoms with E-state index in [0.717, 1.165) is 10.9 Å². The lowest BCUT2D eigenvalue weighted by Crippen LogP contribution is -2.13. The van der Waals surface area contributed by atoms with Crippen molar-refractivity contribution >= 4 is 28.2 Å². The Morgan fingerprint density at radius 1 is 1.13 bits per heavy atom. The van der Waals surface area contributed by atoms with Gasteiger partial charge < -0.3 is 25.5 Å². The van der Waals surface area contributed by atoms with Gasteiger partial charge in [-0.05, 0) is 24.3 Å². The van der Waals surface area contributed by atoms with Crippen LogP contribution in [0.1, 0.15) is 10.5 Å². The summed E-state index contributed by atoms with van der Waals surface area (Å²) in [6.45, 7) is 0. The minimum Gasteiger partial charge on any atom is -0.497 e. The molecule has 1 heterocycles. The molecule has 1 amide bonds. The van der Waals surface area contributed by atoms with E-state index in [2.05, 4.69) is 10.3 Å². The third-order valence-electron chi connectivity index (χ3n) is 3.57. The Morgan fingerprint density at radius 3 is 2.61 bits per heavy atom. The highest BCUT2D eigenvalue weighted by Gasteiger charge is 2.14. The van der Waals surface area contributed by atoms with Gasteiger partial charge in [0.1, 0.15) is 17.2 Å². The lowest BCUT2D eigenvalue weighted by atomic mass is 10.2. The molecule has 0 aliphatic rings. The van der Waals surface area contributed by atoms with Gasteiger partial charge in [-0.1, -0.05) is 12.1 Å². The molecule has 0 atom stereocenters. The van der Waals surface area contributed by atoms with Crippen LogP contribution in [-0.4, -0.2) is 25.1 Å². The van der Waals surface area contributed by atoms with Gasteiger partial charge in [0, 0.05) is 11.5 Å². The van der Waals surface area contributed by atoms with Gasteiger partial charge in [0.25, 0.3) is 5.91 Å². The number of benzene rings is 2. The van der Waals surface area contributed by atoms with Crippen molar-refractivity contribution in [3.63, 3.8) is 0 Å². The van der Waals surface area contributed by atoms with E-state index in [1.54, 1.807) is 38.5 Å². The van der Waals surface area contributed by atoms with Gasteiger partial charge in [0.05, 0.1) is 31.1 Å². The van der Waals surface area contributed by atoms with Crippen LogP contribution in [0.5, 0.6) is 11.5 Å². The summed E-state index contributed by atoms with van der Waals surface area (Å²) in [6, 6.07) is 12.4. The van der Waals surface area contributed by atoms with E-state index in [1.807, 2.05) is 18.2 Å². The molecule has 0 fully saturated rings. The first-order chi connectivity index (χ1) is 11.1. The first-order valence-corrected chi connectivity index (χ1v) is 7.03. The maximum absolute atomic E-state index is 12.4. The number of anilines is 2. The molecule has 2 aromatic carbocycles. The number of carbonyl (C=O) groups excluding carboxylic acids is 1. The predicted molar refractivity (Wildman–Crippen MR) is 90.2 cm³/mol. The number of nitrogens with two attached hydrogens (primary N) is 1. The molecule has 6 nitrogen and oxygen atoms in total. The van der Waals surface area contributed by atoms with Gasteiger partial charge in [-0.25, -0.2) is 0 Å². The van der Waals surface area contributed by atoms with E-state index in [4.69, 9.17) is 15.2 Å². The predicted octanol–water partition coefficient (Wildman–Crippen LogP) is 3.02. The van der Waals surface area contributed by atoms with Crippen LogP contribution >= 0.6 is 0 Å². The number of nitrogen functional groups attached to an aromatic ring is 1. The van der Waals surface area contributed by atoms with E-state index >= 15 is 0 Å². The van der Waals surface area contributed by atoms with E-state index < -0.39 is 0 Å². The normalized spacial score (nSPS) is 10.5. The Labute approximate surface area is 133 Å². The number of amides is 1. The molecule has 0 saturated carbocycles. The summed E-state index contributed by atoms with van der Waals surface area (Å²) in [7, 11) is 3.15. The smallest absolute Gasteiger partial charge is 0.272 e. The minimum atomic E-state index is -0.278. The fourth-order valence-electron chi connectivity index (χ4n) is 2.39. The molecule has 3 aromatic rings. The molecule has 0 saturated heterocycles. The summed E-state index contributed by atoms with van der Waals surface area (Å²) in [4.78, 5) is 15.5. The number of aromatic nitrogens is 1. The molecule has 1 aromatic heterocycles. The van der Waals surface area contributed by atoms with Crippen LogP contribution in [0, 0.1) is 0 Å². The topological polar surface area (TPSA) is 89.4 Å². The number of hydrogen-bond donors (Lipinski definition) is 3. The maximum Gasteiger partial charge on any atom is 0.272 e. The van der Waals surface area contributed by atoms with Crippen LogP contribution < -0.4 is 20.5 Å². The first-order valence-electron chi connectivity index (χ1n) is 7.03. The molecule has 118 valence electrons. The second-order valence-corrected chi connectivity index (χ2v) is 5.02. The molecule has 0 bridgehead atoms. The lowest BCUT2D eigenvalue weighted by Gasteiger charge is -2.06. The van der Waals surface area contributed by atoms with E-state index in [0.29, 0.717) is 28.6 Å². The van der Waals surface area contributed by atoms with Crippen molar-refractivity contribution in [3.05, 3.63) is 48.2 Å². The molecule has 23 heavy (non-hydrogen) atoms. The molecule has 0 unspecified atom stereocenters. The zero-order valence-electron chi connectivity index (χ0n) is 12.8. The molecule has 4 N–H and O–H groups in total. The number of fused-ring (bicyclic) bond motifs is 1. The molecule has 0 radical (unpaired) electrons. The van der Waals surface area contributed by atoms with Crippen molar-refractivity contribution in [3.8, 4) is 11.5 Å². The molecule has 0 aliphatic carbocycles. The highest BCUT2D eigenvalue weighted by molar-refractivity contribution is 6.07. The summed E-state index contributed by atoms with van der Waals surface area (Å²) in [5.74, 6) is 0.991. The Balaban J connectivity index is 1.97. The van der Waals surface area contributed by atoms with Crippen molar-refractivity contribution in [2.24, 2.45) is 0 Å². The van der Waals surface area contributed by atoms with E-state index in [1.165, 1.54) is 0 Å². The second kappa shape index (κ2) is 5.92. The summed E-state index contributed by atoms with van der Waals surface area (Å²) >= 11 is 0. The molecule has 6 heteroatoms. The third-order valence-corrected chi connectivity index (χ3v) is 3.57. The number of ether oxygens (including phenoxy) is 2. The number of rotatable bonds is 4. The van der Waals surface area contributed by atoms with Crippen LogP contribution in [0.3, 0.4) is 0 Å². The minimum absolute atomic E-state index is 0.278. The van der Waals surface area contributed by atoms with Gasteiger partial charge >= 0.3 is 0 Å². The summed E-state index contributed by atoms with van der Waals surface area (Å²) < 4.78 is 10.6. The van der Waals surface area contributed by atoms with Crippen LogP contribution in [0.4, 0.5) is 11.4 Å². The Kier molecular flexibility index (Phi) is 3.80. The number of hydrogen-bond acceptors (Lipinski definition) is 4. The summed E-state index contributed by atoms with van der Waals surface area (Å²) in [5.41, 5.74) is 8.07. The van der Waals surface area contributed by atoms with Crippen LogP contribution in [0.2, 0.25) is 0 Å². The molecular formula is C17H17N3O3. The Morgan fingerprint density at radius 2 is 1.91 bits per heavy atom. The van der Waals surface area contributed by atoms with Gasteiger partial charge in [-0.3, -0.25) is 4.79 Å². The molecular weight excluding hydrogens is 294 g/mol. The third kappa shape index (κ3) is 2.78. The second-order valence-electron chi connectivity index (χ2n) is 5.02. The number of para-hydroxylation sites is 2. The van der Waals surface area contributed by atoms with Gasteiger partial charge in [0.15, 0.2) is 0 Å². The van der Waals surface area contributed by atoms with Gasteiger partial charge in [0.2, 0.25) is 0 Å². The van der Waals surface area contributed by atoms with Gasteiger partial charge in [-0.2, -0.15) is 0 Å². The number of carbonyl (C=O) groups is 1. The van der Waals surface area contributed by atoms with Crippen molar-refractivity contribution < 1.29 is 14.3 Å². The Hall–Kier alpha value is -3.15. The summed E-state index contributed by atoms with van der Waals surface area (Å²) in [5, 5.41) is 3.61. The van der Waals surface area contributed by atoms with E-state index in [9.17, 15) is 4.79 Å². The van der Waals surface area contributed by atoms with Crippen molar-refractivity contribution in [1.82, 2.24) is 4.98 Å². The number of methoxy groups -OCH3 is 2. The monoisotopic (exact) mass is 311 g/mol. The van der Waals surface area contributed by atoms with Crippen molar-refractivity contribution in [1.29, 1.82) is 0 Å². The van der Waals surface area contributed by atoms with Crippen LogP contribution in [0.25, 0.3) is 10.9 Å². The lowest BCUT2D eigenvalue weighted by molar-refractivity contribution is 0.102. The molecule has 0 aliphatic heterocycles. The highest BCUT2D eigenvalue weighted by atomic mass is 16.5. The van der Waals surface area contributed by atoms with E-state index in [-0.39, 0.29) is 5.91 Å². The zero-order valence-corrected chi connectivity index (χ0v) is 12.8. The maximum atomic E-state index is 12.4. The number of nitrogens with one attached hydrogen (secondary N) is 2. The average Bonchev–Trinajstić information content (AvgIpc) is 3.00. The van der Waals surface area contributed by atoms with Crippen LogP contribution in [0.15, 0.2) is 42.5 Å². The van der Waals surface area contributed by atoms with Gasteiger partial charge in [-0.15, -0.1) is 0 Å². The van der Waals surface area contributed by atoms with Crippen LogP contribution in [-0.2, 0) is 0 Å². The fraction of sp³-hybridized carbons (Fsp3) is 0.118. The average molecular weight is 311 g/mol.